The van der Waals surface area contributed by atoms with E-state index in [0.29, 0.717) is 16.6 Å². The van der Waals surface area contributed by atoms with E-state index in [4.69, 9.17) is 4.43 Å². The Hall–Kier alpha value is -0.243. The minimum Gasteiger partial charge on any atom is -0.546 e. The fourth-order valence-corrected chi connectivity index (χ4v) is 8.69. The lowest BCUT2D eigenvalue weighted by atomic mass is 10.1. The molecule has 0 heterocycles. The highest BCUT2D eigenvalue weighted by Crippen LogP contribution is 2.44. The first kappa shape index (κ1) is 14.8. The van der Waals surface area contributed by atoms with Gasteiger partial charge in [0.2, 0.25) is 0 Å². The lowest BCUT2D eigenvalue weighted by Crippen LogP contribution is -2.47. The van der Waals surface area contributed by atoms with E-state index in [-0.39, 0.29) is 0 Å². The van der Waals surface area contributed by atoms with Crippen LogP contribution < -0.4 is 0 Å². The third-order valence-electron chi connectivity index (χ3n) is 4.11. The third kappa shape index (κ3) is 3.15. The van der Waals surface area contributed by atoms with Gasteiger partial charge in [-0.3, -0.25) is 0 Å². The molecule has 0 amide bonds. The lowest BCUT2D eigenvalue weighted by molar-refractivity contribution is 0.346. The second kappa shape index (κ2) is 6.08. The Kier molecular flexibility index (Phi) is 5.30. The zero-order chi connectivity index (χ0) is 13.1. The van der Waals surface area contributed by atoms with Gasteiger partial charge in [0.15, 0.2) is 0 Å². The van der Waals surface area contributed by atoms with Crippen LogP contribution in [0.5, 0.6) is 0 Å². The molecular weight excluding hydrogens is 224 g/mol. The second-order valence-corrected chi connectivity index (χ2v) is 11.6. The van der Waals surface area contributed by atoms with Crippen molar-refractivity contribution in [2.24, 2.45) is 0 Å². The van der Waals surface area contributed by atoms with Crippen molar-refractivity contribution < 1.29 is 4.43 Å². The lowest BCUT2D eigenvalue weighted by Gasteiger charge is -2.43. The molecule has 0 aromatic heterocycles. The van der Waals surface area contributed by atoms with Crippen molar-refractivity contribution >= 4 is 8.32 Å². The molecule has 1 rings (SSSR count). The van der Waals surface area contributed by atoms with E-state index in [2.05, 4.69) is 54.0 Å². The summed E-state index contributed by atoms with van der Waals surface area (Å²) < 4.78 is 6.63. The van der Waals surface area contributed by atoms with Crippen LogP contribution in [0.1, 0.15) is 60.8 Å². The highest BCUT2D eigenvalue weighted by Gasteiger charge is 2.47. The number of hydrogen-bond acceptors (Lipinski definition) is 1. The van der Waals surface area contributed by atoms with Gasteiger partial charge in [0.05, 0.1) is 5.76 Å². The van der Waals surface area contributed by atoms with Gasteiger partial charge < -0.3 is 4.43 Å². The molecule has 17 heavy (non-hydrogen) atoms. The van der Waals surface area contributed by atoms with Gasteiger partial charge >= 0.3 is 0 Å². The van der Waals surface area contributed by atoms with Crippen LogP contribution in [0, 0.1) is 6.42 Å². The predicted octanol–water partition coefficient (Wildman–Crippen LogP) is 5.45. The standard InChI is InChI=1S/C15H29OSi/c1-12(2)17(13(3)4,14(5)6)16-15-10-8-7-9-11-15/h8,10,12-14H,7,9,11H2,1-6H3. The number of allylic oxidation sites excluding steroid dienone is 2. The van der Waals surface area contributed by atoms with Gasteiger partial charge in [-0.1, -0.05) is 41.5 Å². The van der Waals surface area contributed by atoms with E-state index in [1.807, 2.05) is 0 Å². The van der Waals surface area contributed by atoms with E-state index in [1.165, 1.54) is 18.6 Å². The van der Waals surface area contributed by atoms with E-state index >= 15 is 0 Å². The van der Waals surface area contributed by atoms with Crippen LogP contribution >= 0.6 is 0 Å². The molecule has 99 valence electrons. The molecule has 0 saturated carbocycles. The number of rotatable bonds is 5. The first-order valence-corrected chi connectivity index (χ1v) is 9.26. The Balaban J connectivity index is 2.93. The van der Waals surface area contributed by atoms with Gasteiger partial charge in [-0.15, -0.1) is 0 Å². The van der Waals surface area contributed by atoms with Gasteiger partial charge in [-0.25, -0.2) is 0 Å². The topological polar surface area (TPSA) is 9.23 Å². The second-order valence-electron chi connectivity index (χ2n) is 6.18. The Morgan fingerprint density at radius 1 is 1.00 bits per heavy atom. The first-order chi connectivity index (χ1) is 7.91. The van der Waals surface area contributed by atoms with E-state index < -0.39 is 8.32 Å². The van der Waals surface area contributed by atoms with Crippen molar-refractivity contribution in [3.63, 3.8) is 0 Å². The molecule has 0 aromatic carbocycles. The van der Waals surface area contributed by atoms with Crippen molar-refractivity contribution in [2.45, 2.75) is 77.4 Å². The molecule has 1 aliphatic rings. The van der Waals surface area contributed by atoms with E-state index in [1.54, 1.807) is 0 Å². The zero-order valence-electron chi connectivity index (χ0n) is 12.4. The molecule has 0 aliphatic heterocycles. The van der Waals surface area contributed by atoms with Crippen LogP contribution in [0.15, 0.2) is 11.8 Å². The fourth-order valence-electron chi connectivity index (χ4n) is 3.36. The smallest absolute Gasteiger partial charge is 0.258 e. The van der Waals surface area contributed by atoms with Gasteiger partial charge in [0.1, 0.15) is 0 Å². The Labute approximate surface area is 109 Å². The third-order valence-corrected chi connectivity index (χ3v) is 10.1. The highest BCUT2D eigenvalue weighted by atomic mass is 28.4. The van der Waals surface area contributed by atoms with Crippen LogP contribution in [0.25, 0.3) is 0 Å². The Bertz CT molecular complexity index is 244. The molecule has 0 saturated heterocycles. The number of hydrogen-bond donors (Lipinski definition) is 0. The average Bonchev–Trinajstić information content (AvgIpc) is 2.25. The van der Waals surface area contributed by atoms with Crippen molar-refractivity contribution in [3.05, 3.63) is 18.3 Å². The molecular formula is C15H29OSi. The van der Waals surface area contributed by atoms with Gasteiger partial charge in [0.25, 0.3) is 8.32 Å². The van der Waals surface area contributed by atoms with Crippen LogP contribution in [0.4, 0.5) is 0 Å². The summed E-state index contributed by atoms with van der Waals surface area (Å²) in [5.41, 5.74) is 2.01. The molecule has 0 unspecified atom stereocenters. The molecule has 0 fully saturated rings. The molecule has 0 N–H and O–H groups in total. The molecule has 0 bridgehead atoms. The molecule has 0 spiro atoms. The Morgan fingerprint density at radius 2 is 1.53 bits per heavy atom. The Morgan fingerprint density at radius 3 is 1.88 bits per heavy atom. The average molecular weight is 253 g/mol. The van der Waals surface area contributed by atoms with E-state index in [9.17, 15) is 0 Å². The van der Waals surface area contributed by atoms with Crippen molar-refractivity contribution in [1.82, 2.24) is 0 Å². The van der Waals surface area contributed by atoms with Gasteiger partial charge in [-0.2, -0.15) is 0 Å². The predicted molar refractivity (Wildman–Crippen MR) is 78.4 cm³/mol. The summed E-state index contributed by atoms with van der Waals surface area (Å²) in [6, 6.07) is 0. The maximum absolute atomic E-state index is 6.63. The molecule has 0 atom stereocenters. The molecule has 1 aliphatic carbocycles. The van der Waals surface area contributed by atoms with Crippen LogP contribution in [0.3, 0.4) is 0 Å². The summed E-state index contributed by atoms with van der Waals surface area (Å²) in [6.45, 7) is 14.1. The normalized spacial score (nSPS) is 17.8. The van der Waals surface area contributed by atoms with Crippen molar-refractivity contribution in [1.29, 1.82) is 0 Å². The summed E-state index contributed by atoms with van der Waals surface area (Å²) in [7, 11) is -1.70. The van der Waals surface area contributed by atoms with Gasteiger partial charge in [0, 0.05) is 6.42 Å². The molecule has 0 aromatic rings. The summed E-state index contributed by atoms with van der Waals surface area (Å²) in [6.07, 6.45) is 8.09. The maximum atomic E-state index is 6.63. The van der Waals surface area contributed by atoms with Crippen LogP contribution in [-0.2, 0) is 4.43 Å². The summed E-state index contributed by atoms with van der Waals surface area (Å²) in [5, 5.41) is 0. The largest absolute Gasteiger partial charge is 0.546 e. The molecule has 2 heteroatoms. The maximum Gasteiger partial charge on any atom is 0.258 e. The van der Waals surface area contributed by atoms with Crippen LogP contribution in [-0.4, -0.2) is 8.32 Å². The van der Waals surface area contributed by atoms with Crippen LogP contribution in [0.2, 0.25) is 16.6 Å². The van der Waals surface area contributed by atoms with Gasteiger partial charge in [-0.05, 0) is 42.0 Å². The van der Waals surface area contributed by atoms with Crippen molar-refractivity contribution in [2.75, 3.05) is 0 Å². The molecule has 1 nitrogen and oxygen atoms in total. The summed E-state index contributed by atoms with van der Waals surface area (Å²) in [5.74, 6) is 1.25. The first-order valence-electron chi connectivity index (χ1n) is 7.12. The quantitative estimate of drug-likeness (QED) is 0.592. The molecule has 1 radical (unpaired) electrons. The minimum absolute atomic E-state index is 0.672. The monoisotopic (exact) mass is 253 g/mol. The summed E-state index contributed by atoms with van der Waals surface area (Å²) in [4.78, 5) is 0. The zero-order valence-corrected chi connectivity index (χ0v) is 13.4. The van der Waals surface area contributed by atoms with E-state index in [0.717, 1.165) is 6.42 Å². The summed E-state index contributed by atoms with van der Waals surface area (Å²) >= 11 is 0. The SMILES string of the molecule is CC(C)[Si](OC1=C[CH]CCC1)(C(C)C)C(C)C. The van der Waals surface area contributed by atoms with Crippen molar-refractivity contribution in [3.8, 4) is 0 Å². The highest BCUT2D eigenvalue weighted by molar-refractivity contribution is 6.77. The fraction of sp³-hybridized carbons (Fsp3) is 0.800. The minimum atomic E-state index is -1.70.